The second-order valence-corrected chi connectivity index (χ2v) is 5.79. The van der Waals surface area contributed by atoms with Gasteiger partial charge in [0.05, 0.1) is 20.0 Å². The van der Waals surface area contributed by atoms with Gasteiger partial charge >= 0.3 is 0 Å². The molecular formula is C14H31N3. The van der Waals surface area contributed by atoms with Crippen molar-refractivity contribution in [3.63, 3.8) is 0 Å². The minimum absolute atomic E-state index is 0.816. The van der Waals surface area contributed by atoms with E-state index in [9.17, 15) is 0 Å². The summed E-state index contributed by atoms with van der Waals surface area (Å²) >= 11 is 0. The first-order chi connectivity index (χ1) is 8.15. The van der Waals surface area contributed by atoms with E-state index in [1.807, 2.05) is 0 Å². The van der Waals surface area contributed by atoms with Crippen molar-refractivity contribution >= 4 is 0 Å². The van der Waals surface area contributed by atoms with Crippen molar-refractivity contribution in [1.82, 2.24) is 14.7 Å². The molecule has 0 bridgehead atoms. The van der Waals surface area contributed by atoms with Crippen LogP contribution in [0.2, 0.25) is 0 Å². The van der Waals surface area contributed by atoms with E-state index < -0.39 is 0 Å². The average Bonchev–Trinajstić information content (AvgIpc) is 2.27. The molecule has 0 aromatic rings. The van der Waals surface area contributed by atoms with Crippen molar-refractivity contribution in [3.8, 4) is 0 Å². The van der Waals surface area contributed by atoms with Crippen LogP contribution in [0.15, 0.2) is 0 Å². The fourth-order valence-corrected chi connectivity index (χ4v) is 2.48. The molecule has 0 aliphatic carbocycles. The van der Waals surface area contributed by atoms with Gasteiger partial charge in [-0.25, -0.2) is 0 Å². The van der Waals surface area contributed by atoms with Gasteiger partial charge in [-0.2, -0.15) is 0 Å². The Morgan fingerprint density at radius 1 is 0.765 bits per heavy atom. The van der Waals surface area contributed by atoms with Crippen LogP contribution in [0, 0.1) is 5.92 Å². The van der Waals surface area contributed by atoms with E-state index in [2.05, 4.69) is 42.4 Å². The lowest BCUT2D eigenvalue weighted by atomic mass is 10.1. The van der Waals surface area contributed by atoms with E-state index in [1.54, 1.807) is 0 Å². The van der Waals surface area contributed by atoms with Crippen molar-refractivity contribution < 1.29 is 0 Å². The highest BCUT2D eigenvalue weighted by atomic mass is 15.5. The molecule has 102 valence electrons. The molecule has 0 aromatic heterocycles. The first-order valence-corrected chi connectivity index (χ1v) is 7.32. The molecule has 0 unspecified atom stereocenters. The zero-order valence-corrected chi connectivity index (χ0v) is 12.3. The maximum atomic E-state index is 2.61. The Morgan fingerprint density at radius 3 is 1.53 bits per heavy atom. The van der Waals surface area contributed by atoms with Gasteiger partial charge in [0.15, 0.2) is 0 Å². The topological polar surface area (TPSA) is 9.72 Å². The van der Waals surface area contributed by atoms with E-state index in [0.29, 0.717) is 0 Å². The fraction of sp³-hybridized carbons (Fsp3) is 1.00. The van der Waals surface area contributed by atoms with E-state index >= 15 is 0 Å². The Hall–Kier alpha value is -0.120. The van der Waals surface area contributed by atoms with Gasteiger partial charge in [-0.05, 0) is 25.2 Å². The number of hydrogen-bond donors (Lipinski definition) is 0. The van der Waals surface area contributed by atoms with Crippen LogP contribution >= 0.6 is 0 Å². The molecular weight excluding hydrogens is 210 g/mol. The summed E-state index contributed by atoms with van der Waals surface area (Å²) in [5.41, 5.74) is 0. The Bertz CT molecular complexity index is 180. The molecule has 0 amide bonds. The molecule has 0 N–H and O–H groups in total. The van der Waals surface area contributed by atoms with E-state index in [4.69, 9.17) is 0 Å². The summed E-state index contributed by atoms with van der Waals surface area (Å²) in [7, 11) is 0. The first kappa shape index (κ1) is 14.9. The lowest BCUT2D eigenvalue weighted by Crippen LogP contribution is -2.55. The second-order valence-electron chi connectivity index (χ2n) is 5.79. The molecule has 17 heavy (non-hydrogen) atoms. The third-order valence-corrected chi connectivity index (χ3v) is 3.30. The van der Waals surface area contributed by atoms with Crippen molar-refractivity contribution in [1.29, 1.82) is 0 Å². The van der Waals surface area contributed by atoms with Gasteiger partial charge in [0.2, 0.25) is 0 Å². The molecule has 0 aromatic carbocycles. The van der Waals surface area contributed by atoms with Crippen LogP contribution in [0.5, 0.6) is 0 Å². The van der Waals surface area contributed by atoms with Crippen LogP contribution < -0.4 is 0 Å². The number of rotatable bonds is 7. The molecule has 0 spiro atoms. The van der Waals surface area contributed by atoms with E-state index in [0.717, 1.165) is 5.92 Å². The summed E-state index contributed by atoms with van der Waals surface area (Å²) in [5, 5.41) is 0. The SMILES string of the molecule is CCCN1CN(CCC)CN(CCC(C)C)C1. The highest BCUT2D eigenvalue weighted by molar-refractivity contribution is 4.69. The molecule has 0 atom stereocenters. The third kappa shape index (κ3) is 5.84. The van der Waals surface area contributed by atoms with Gasteiger partial charge in [-0.3, -0.25) is 14.7 Å². The zero-order valence-electron chi connectivity index (χ0n) is 12.3. The van der Waals surface area contributed by atoms with Crippen LogP contribution in [0.4, 0.5) is 0 Å². The third-order valence-electron chi connectivity index (χ3n) is 3.30. The minimum Gasteiger partial charge on any atom is -0.277 e. The van der Waals surface area contributed by atoms with Crippen LogP contribution in [0.25, 0.3) is 0 Å². The Kier molecular flexibility index (Phi) is 7.09. The maximum Gasteiger partial charge on any atom is 0.0529 e. The van der Waals surface area contributed by atoms with Gasteiger partial charge in [-0.1, -0.05) is 27.7 Å². The smallest absolute Gasteiger partial charge is 0.0529 e. The van der Waals surface area contributed by atoms with Gasteiger partial charge in [-0.15, -0.1) is 0 Å². The van der Waals surface area contributed by atoms with Crippen LogP contribution in [0.3, 0.4) is 0 Å². The highest BCUT2D eigenvalue weighted by Gasteiger charge is 2.21. The molecule has 1 saturated heterocycles. The predicted octanol–water partition coefficient (Wildman–Crippen LogP) is 2.64. The number of nitrogens with zero attached hydrogens (tertiary/aromatic N) is 3. The summed E-state index contributed by atoms with van der Waals surface area (Å²) in [4.78, 5) is 7.77. The lowest BCUT2D eigenvalue weighted by molar-refractivity contribution is -0.0306. The minimum atomic E-state index is 0.816. The molecule has 1 fully saturated rings. The maximum absolute atomic E-state index is 2.61. The number of hydrogen-bond acceptors (Lipinski definition) is 3. The largest absolute Gasteiger partial charge is 0.277 e. The quantitative estimate of drug-likeness (QED) is 0.678. The molecule has 3 heteroatoms. The molecule has 1 aliphatic heterocycles. The normalized spacial score (nSPS) is 20.3. The Labute approximate surface area is 108 Å². The molecule has 0 saturated carbocycles. The van der Waals surface area contributed by atoms with Crippen LogP contribution in [-0.2, 0) is 0 Å². The highest BCUT2D eigenvalue weighted by Crippen LogP contribution is 2.11. The van der Waals surface area contributed by atoms with E-state index in [1.165, 1.54) is 58.9 Å². The Balaban J connectivity index is 2.40. The van der Waals surface area contributed by atoms with Gasteiger partial charge in [0, 0.05) is 19.6 Å². The van der Waals surface area contributed by atoms with Crippen molar-refractivity contribution in [2.75, 3.05) is 39.6 Å². The van der Waals surface area contributed by atoms with Crippen LogP contribution in [-0.4, -0.2) is 54.3 Å². The van der Waals surface area contributed by atoms with Gasteiger partial charge in [0.1, 0.15) is 0 Å². The van der Waals surface area contributed by atoms with Crippen molar-refractivity contribution in [3.05, 3.63) is 0 Å². The van der Waals surface area contributed by atoms with Crippen molar-refractivity contribution in [2.24, 2.45) is 5.92 Å². The summed E-state index contributed by atoms with van der Waals surface area (Å²) < 4.78 is 0. The Morgan fingerprint density at radius 2 is 1.18 bits per heavy atom. The first-order valence-electron chi connectivity index (χ1n) is 7.32. The van der Waals surface area contributed by atoms with E-state index in [-0.39, 0.29) is 0 Å². The summed E-state index contributed by atoms with van der Waals surface area (Å²) in [6, 6.07) is 0. The van der Waals surface area contributed by atoms with Crippen LogP contribution in [0.1, 0.15) is 47.0 Å². The summed E-state index contributed by atoms with van der Waals surface area (Å²) in [6.07, 6.45) is 3.84. The van der Waals surface area contributed by atoms with Crippen molar-refractivity contribution in [2.45, 2.75) is 47.0 Å². The second kappa shape index (κ2) is 8.06. The zero-order chi connectivity index (χ0) is 12.7. The summed E-state index contributed by atoms with van der Waals surface area (Å²) in [6.45, 7) is 16.4. The van der Waals surface area contributed by atoms with Gasteiger partial charge in [0.25, 0.3) is 0 Å². The fourth-order valence-electron chi connectivity index (χ4n) is 2.48. The summed E-state index contributed by atoms with van der Waals surface area (Å²) in [5.74, 6) is 0.816. The lowest BCUT2D eigenvalue weighted by Gasteiger charge is -2.42. The molecule has 3 nitrogen and oxygen atoms in total. The monoisotopic (exact) mass is 241 g/mol. The van der Waals surface area contributed by atoms with Gasteiger partial charge < -0.3 is 0 Å². The molecule has 0 radical (unpaired) electrons. The average molecular weight is 241 g/mol. The predicted molar refractivity (Wildman–Crippen MR) is 74.8 cm³/mol. The standard InChI is InChI=1S/C14H31N3/c1-5-8-15-11-16(9-6-2)13-17(12-15)10-7-14(3)4/h14H,5-13H2,1-4H3. The molecule has 1 heterocycles. The molecule has 1 aliphatic rings. The molecule has 1 rings (SSSR count).